The summed E-state index contributed by atoms with van der Waals surface area (Å²) in [5.74, 6) is 0. The Hall–Kier alpha value is -1.55. The molecule has 2 amide bonds. The number of carbonyl (C=O) groups excluding carboxylic acids is 1. The molecule has 0 bridgehead atoms. The molecule has 0 aromatic heterocycles. The Bertz CT molecular complexity index is 422. The number of piperidine rings is 1. The number of aliphatic hydroxyl groups excluding tert-OH is 1. The van der Waals surface area contributed by atoms with E-state index in [-0.39, 0.29) is 12.1 Å². The third kappa shape index (κ3) is 5.76. The molecule has 1 aliphatic heterocycles. The predicted octanol–water partition coefficient (Wildman–Crippen LogP) is 2.57. The van der Waals surface area contributed by atoms with Crippen LogP contribution in [0.2, 0.25) is 0 Å². The van der Waals surface area contributed by atoms with Gasteiger partial charge < -0.3 is 15.3 Å². The van der Waals surface area contributed by atoms with Gasteiger partial charge in [0.15, 0.2) is 0 Å². The molecule has 0 radical (unpaired) electrons. The van der Waals surface area contributed by atoms with Gasteiger partial charge in [-0.1, -0.05) is 36.8 Å². The number of nitrogens with one attached hydrogen (secondary N) is 1. The van der Waals surface area contributed by atoms with E-state index in [9.17, 15) is 9.90 Å². The molecule has 0 saturated carbocycles. The molecule has 4 nitrogen and oxygen atoms in total. The third-order valence-corrected chi connectivity index (χ3v) is 3.95. The maximum atomic E-state index is 11.9. The molecule has 1 saturated heterocycles. The van der Waals surface area contributed by atoms with Crippen molar-refractivity contribution in [1.29, 1.82) is 0 Å². The molecular formula is C17H26N2O2. The molecule has 21 heavy (non-hydrogen) atoms. The minimum atomic E-state index is -0.352. The second kappa shape index (κ2) is 8.67. The van der Waals surface area contributed by atoms with Crippen LogP contribution in [-0.4, -0.2) is 41.8 Å². The highest BCUT2D eigenvalue weighted by molar-refractivity contribution is 5.74. The highest BCUT2D eigenvalue weighted by atomic mass is 16.3. The summed E-state index contributed by atoms with van der Waals surface area (Å²) in [4.78, 5) is 13.6. The highest BCUT2D eigenvalue weighted by Gasteiger charge is 2.21. The van der Waals surface area contributed by atoms with Crippen molar-refractivity contribution in [2.45, 2.75) is 44.6 Å². The Kier molecular flexibility index (Phi) is 6.54. The lowest BCUT2D eigenvalue weighted by Gasteiger charge is -2.30. The smallest absolute Gasteiger partial charge is 0.317 e. The second-order valence-corrected chi connectivity index (χ2v) is 5.77. The summed E-state index contributed by atoms with van der Waals surface area (Å²) in [6, 6.07) is 10.5. The lowest BCUT2D eigenvalue weighted by atomic mass is 10.1. The van der Waals surface area contributed by atoms with Crippen LogP contribution in [0.3, 0.4) is 0 Å². The minimum Gasteiger partial charge on any atom is -0.391 e. The average molecular weight is 290 g/mol. The SMILES string of the molecule is O=C(NCCCCCc1ccccc1)N1CCCC(O)C1. The van der Waals surface area contributed by atoms with Gasteiger partial charge in [0.05, 0.1) is 6.10 Å². The number of aryl methyl sites for hydroxylation is 1. The third-order valence-electron chi connectivity index (χ3n) is 3.95. The molecule has 1 aromatic carbocycles. The Morgan fingerprint density at radius 2 is 2.05 bits per heavy atom. The summed E-state index contributed by atoms with van der Waals surface area (Å²) < 4.78 is 0. The average Bonchev–Trinajstić information content (AvgIpc) is 2.51. The largest absolute Gasteiger partial charge is 0.391 e. The Morgan fingerprint density at radius 1 is 1.24 bits per heavy atom. The molecule has 2 rings (SSSR count). The number of rotatable bonds is 6. The maximum absolute atomic E-state index is 11.9. The molecular weight excluding hydrogens is 264 g/mol. The van der Waals surface area contributed by atoms with Crippen LogP contribution in [0, 0.1) is 0 Å². The predicted molar refractivity (Wildman–Crippen MR) is 84.2 cm³/mol. The quantitative estimate of drug-likeness (QED) is 0.791. The zero-order chi connectivity index (χ0) is 14.9. The molecule has 1 heterocycles. The fourth-order valence-corrected chi connectivity index (χ4v) is 2.72. The van der Waals surface area contributed by atoms with Gasteiger partial charge in [-0.15, -0.1) is 0 Å². The summed E-state index contributed by atoms with van der Waals surface area (Å²) in [5, 5.41) is 12.5. The van der Waals surface area contributed by atoms with Crippen molar-refractivity contribution >= 4 is 6.03 Å². The molecule has 0 aliphatic carbocycles. The first-order valence-electron chi connectivity index (χ1n) is 8.00. The van der Waals surface area contributed by atoms with E-state index in [2.05, 4.69) is 29.6 Å². The Labute approximate surface area is 127 Å². The van der Waals surface area contributed by atoms with Gasteiger partial charge in [-0.3, -0.25) is 0 Å². The van der Waals surface area contributed by atoms with Crippen LogP contribution in [0.4, 0.5) is 4.79 Å². The second-order valence-electron chi connectivity index (χ2n) is 5.77. The Morgan fingerprint density at radius 3 is 2.81 bits per heavy atom. The monoisotopic (exact) mass is 290 g/mol. The number of amides is 2. The molecule has 2 N–H and O–H groups in total. The van der Waals surface area contributed by atoms with Crippen molar-refractivity contribution in [3.05, 3.63) is 35.9 Å². The van der Waals surface area contributed by atoms with Crippen molar-refractivity contribution in [2.24, 2.45) is 0 Å². The van der Waals surface area contributed by atoms with Gasteiger partial charge in [-0.05, 0) is 37.7 Å². The van der Waals surface area contributed by atoms with Gasteiger partial charge in [0.25, 0.3) is 0 Å². The first-order valence-corrected chi connectivity index (χ1v) is 8.00. The number of aliphatic hydroxyl groups is 1. The number of carbonyl (C=O) groups is 1. The van der Waals surface area contributed by atoms with E-state index in [1.54, 1.807) is 4.90 Å². The lowest BCUT2D eigenvalue weighted by molar-refractivity contribution is 0.0843. The molecule has 1 atom stereocenters. The standard InChI is InChI=1S/C17H26N2O2/c20-16-11-7-13-19(14-16)17(21)18-12-6-2-5-10-15-8-3-1-4-9-15/h1,3-4,8-9,16,20H,2,5-7,10-14H2,(H,18,21). The van der Waals surface area contributed by atoms with Gasteiger partial charge in [0.1, 0.15) is 0 Å². The molecule has 1 fully saturated rings. The molecule has 1 unspecified atom stereocenters. The van der Waals surface area contributed by atoms with Crippen LogP contribution in [0.25, 0.3) is 0 Å². The summed E-state index contributed by atoms with van der Waals surface area (Å²) >= 11 is 0. The fourth-order valence-electron chi connectivity index (χ4n) is 2.72. The van der Waals surface area contributed by atoms with Crippen molar-refractivity contribution in [3.63, 3.8) is 0 Å². The van der Waals surface area contributed by atoms with E-state index < -0.39 is 0 Å². The zero-order valence-corrected chi connectivity index (χ0v) is 12.6. The number of β-amino-alcohol motifs (C(OH)–C–C–N with tert-alkyl or cyclic N) is 1. The van der Waals surface area contributed by atoms with Crippen molar-refractivity contribution in [1.82, 2.24) is 10.2 Å². The fraction of sp³-hybridized carbons (Fsp3) is 0.588. The van der Waals surface area contributed by atoms with Crippen molar-refractivity contribution in [2.75, 3.05) is 19.6 Å². The van der Waals surface area contributed by atoms with Crippen molar-refractivity contribution < 1.29 is 9.90 Å². The van der Waals surface area contributed by atoms with Gasteiger partial charge in [-0.2, -0.15) is 0 Å². The topological polar surface area (TPSA) is 52.6 Å². The van der Waals surface area contributed by atoms with Crippen molar-refractivity contribution in [3.8, 4) is 0 Å². The zero-order valence-electron chi connectivity index (χ0n) is 12.6. The first-order chi connectivity index (χ1) is 10.3. The van der Waals surface area contributed by atoms with E-state index >= 15 is 0 Å². The van der Waals surface area contributed by atoms with E-state index in [0.29, 0.717) is 6.54 Å². The van der Waals surface area contributed by atoms with E-state index in [1.807, 2.05) is 6.07 Å². The first kappa shape index (κ1) is 15.8. The summed E-state index contributed by atoms with van der Waals surface area (Å²) in [7, 11) is 0. The molecule has 4 heteroatoms. The molecule has 1 aliphatic rings. The number of hydrogen-bond acceptors (Lipinski definition) is 2. The number of nitrogens with zero attached hydrogens (tertiary/aromatic N) is 1. The lowest BCUT2D eigenvalue weighted by Crippen LogP contribution is -2.47. The molecule has 0 spiro atoms. The van der Waals surface area contributed by atoms with E-state index in [1.165, 1.54) is 5.56 Å². The van der Waals surface area contributed by atoms with Crippen LogP contribution >= 0.6 is 0 Å². The highest BCUT2D eigenvalue weighted by Crippen LogP contribution is 2.10. The van der Waals surface area contributed by atoms with Crippen LogP contribution in [0.1, 0.15) is 37.7 Å². The maximum Gasteiger partial charge on any atom is 0.317 e. The number of urea groups is 1. The van der Waals surface area contributed by atoms with Crippen LogP contribution in [0.15, 0.2) is 30.3 Å². The summed E-state index contributed by atoms with van der Waals surface area (Å²) in [6.07, 6.45) is 5.74. The number of benzene rings is 1. The van der Waals surface area contributed by atoms with Crippen LogP contribution in [-0.2, 0) is 6.42 Å². The molecule has 116 valence electrons. The van der Waals surface area contributed by atoms with E-state index in [4.69, 9.17) is 0 Å². The Balaban J connectivity index is 1.52. The summed E-state index contributed by atoms with van der Waals surface area (Å²) in [5.41, 5.74) is 1.38. The van der Waals surface area contributed by atoms with Gasteiger partial charge in [0, 0.05) is 19.6 Å². The number of unbranched alkanes of at least 4 members (excludes halogenated alkanes) is 2. The number of likely N-dealkylation sites (tertiary alicyclic amines) is 1. The minimum absolute atomic E-state index is 0.0307. The normalized spacial score (nSPS) is 18.5. The van der Waals surface area contributed by atoms with Gasteiger partial charge >= 0.3 is 6.03 Å². The van der Waals surface area contributed by atoms with E-state index in [0.717, 1.165) is 51.6 Å². The van der Waals surface area contributed by atoms with Gasteiger partial charge in [0.2, 0.25) is 0 Å². The van der Waals surface area contributed by atoms with Crippen LogP contribution in [0.5, 0.6) is 0 Å². The van der Waals surface area contributed by atoms with Gasteiger partial charge in [-0.25, -0.2) is 4.79 Å². The summed E-state index contributed by atoms with van der Waals surface area (Å²) in [6.45, 7) is 1.96. The van der Waals surface area contributed by atoms with Crippen LogP contribution < -0.4 is 5.32 Å². The number of hydrogen-bond donors (Lipinski definition) is 2. The molecule has 1 aromatic rings.